The quantitative estimate of drug-likeness (QED) is 0.735. The van der Waals surface area contributed by atoms with Gasteiger partial charge in [-0.2, -0.15) is 15.0 Å². The molecule has 0 saturated heterocycles. The number of rotatable bonds is 9. The van der Waals surface area contributed by atoms with E-state index in [-0.39, 0.29) is 11.8 Å². The van der Waals surface area contributed by atoms with E-state index in [9.17, 15) is 4.79 Å². The second-order valence-corrected chi connectivity index (χ2v) is 4.50. The zero-order valence-electron chi connectivity index (χ0n) is 12.4. The Morgan fingerprint density at radius 2 is 1.75 bits per heavy atom. The van der Waals surface area contributed by atoms with E-state index in [1.165, 1.54) is 7.11 Å². The first-order valence-corrected chi connectivity index (χ1v) is 6.97. The number of carbonyl (C=O) groups is 1. The molecule has 0 aliphatic heterocycles. The highest BCUT2D eigenvalue weighted by molar-refractivity contribution is 5.89. The predicted octanol–water partition coefficient (Wildman–Crippen LogP) is 1.39. The van der Waals surface area contributed by atoms with Crippen LogP contribution in [0.4, 0.5) is 5.95 Å². The van der Waals surface area contributed by atoms with Crippen LogP contribution in [0, 0.1) is 0 Å². The summed E-state index contributed by atoms with van der Waals surface area (Å²) >= 11 is 0. The zero-order valence-corrected chi connectivity index (χ0v) is 12.4. The number of hydrogen-bond donors (Lipinski definition) is 1. The second kappa shape index (κ2) is 8.29. The molecule has 7 heteroatoms. The van der Waals surface area contributed by atoms with Crippen LogP contribution in [0.1, 0.15) is 50.1 Å². The number of nitrogens with two attached hydrogens (primary N) is 1. The van der Waals surface area contributed by atoms with Crippen LogP contribution >= 0.6 is 0 Å². The fourth-order valence-corrected chi connectivity index (χ4v) is 1.70. The summed E-state index contributed by atoms with van der Waals surface area (Å²) in [5, 5.41) is 0. The molecule has 0 atom stereocenters. The Labute approximate surface area is 119 Å². The minimum Gasteiger partial charge on any atom is -0.467 e. The highest BCUT2D eigenvalue weighted by Crippen LogP contribution is 2.14. The zero-order chi connectivity index (χ0) is 15.0. The number of anilines is 1. The van der Waals surface area contributed by atoms with Crippen LogP contribution in [-0.4, -0.2) is 41.1 Å². The second-order valence-electron chi connectivity index (χ2n) is 4.50. The molecule has 1 aromatic rings. The van der Waals surface area contributed by atoms with Gasteiger partial charge >= 0.3 is 6.01 Å². The molecule has 1 heterocycles. The summed E-state index contributed by atoms with van der Waals surface area (Å²) in [6.45, 7) is 5.92. The van der Waals surface area contributed by atoms with E-state index in [1.54, 1.807) is 0 Å². The lowest BCUT2D eigenvalue weighted by Crippen LogP contribution is -2.29. The molecule has 7 nitrogen and oxygen atoms in total. The van der Waals surface area contributed by atoms with Crippen molar-refractivity contribution in [3.63, 3.8) is 0 Å². The molecular formula is C13H23N5O2. The van der Waals surface area contributed by atoms with Crippen molar-refractivity contribution in [3.8, 4) is 6.01 Å². The van der Waals surface area contributed by atoms with E-state index in [0.29, 0.717) is 5.95 Å². The van der Waals surface area contributed by atoms with Crippen molar-refractivity contribution in [3.05, 3.63) is 5.82 Å². The molecule has 0 aliphatic rings. The number of amides is 1. The van der Waals surface area contributed by atoms with Crippen molar-refractivity contribution in [1.82, 2.24) is 15.0 Å². The summed E-state index contributed by atoms with van der Waals surface area (Å²) in [7, 11) is 1.45. The molecule has 0 radical (unpaired) electrons. The third kappa shape index (κ3) is 4.64. The van der Waals surface area contributed by atoms with E-state index in [2.05, 4.69) is 28.8 Å². The number of unbranched alkanes of at least 4 members (excludes halogenated alkanes) is 2. The number of hydrogen-bond acceptors (Lipinski definition) is 6. The molecule has 1 rings (SSSR count). The molecule has 1 amide bonds. The van der Waals surface area contributed by atoms with Gasteiger partial charge in [-0.3, -0.25) is 4.79 Å². The first-order valence-electron chi connectivity index (χ1n) is 6.97. The first-order chi connectivity index (χ1) is 9.62. The molecule has 0 fully saturated rings. The smallest absolute Gasteiger partial charge is 0.321 e. The minimum atomic E-state index is -0.683. The molecule has 0 unspecified atom stereocenters. The Morgan fingerprint density at radius 3 is 2.20 bits per heavy atom. The molecule has 0 spiro atoms. The highest BCUT2D eigenvalue weighted by atomic mass is 16.5. The monoisotopic (exact) mass is 281 g/mol. The van der Waals surface area contributed by atoms with E-state index in [0.717, 1.165) is 38.8 Å². The minimum absolute atomic E-state index is 0.0650. The van der Waals surface area contributed by atoms with Crippen LogP contribution in [0.3, 0.4) is 0 Å². The van der Waals surface area contributed by atoms with E-state index in [1.807, 2.05) is 4.90 Å². The third-order valence-corrected chi connectivity index (χ3v) is 2.85. The Kier molecular flexibility index (Phi) is 6.69. The normalized spacial score (nSPS) is 10.3. The number of aromatic nitrogens is 3. The fourth-order valence-electron chi connectivity index (χ4n) is 1.70. The van der Waals surface area contributed by atoms with Gasteiger partial charge in [-0.1, -0.05) is 26.7 Å². The van der Waals surface area contributed by atoms with Crippen molar-refractivity contribution >= 4 is 11.9 Å². The van der Waals surface area contributed by atoms with Gasteiger partial charge in [0.1, 0.15) is 0 Å². The van der Waals surface area contributed by atoms with Gasteiger partial charge in [0.2, 0.25) is 11.8 Å². The Balaban J connectivity index is 3.02. The number of carbonyl (C=O) groups excluding carboxylic acids is 1. The largest absolute Gasteiger partial charge is 0.467 e. The van der Waals surface area contributed by atoms with E-state index < -0.39 is 5.91 Å². The van der Waals surface area contributed by atoms with Crippen LogP contribution < -0.4 is 15.4 Å². The van der Waals surface area contributed by atoms with Crippen molar-refractivity contribution in [1.29, 1.82) is 0 Å². The van der Waals surface area contributed by atoms with Gasteiger partial charge in [0, 0.05) is 13.1 Å². The molecule has 0 bridgehead atoms. The number of methoxy groups -OCH3 is 1. The van der Waals surface area contributed by atoms with E-state index in [4.69, 9.17) is 10.5 Å². The summed E-state index contributed by atoms with van der Waals surface area (Å²) in [5.41, 5.74) is 5.24. The van der Waals surface area contributed by atoms with Gasteiger partial charge < -0.3 is 15.4 Å². The molecule has 112 valence electrons. The van der Waals surface area contributed by atoms with Crippen LogP contribution in [-0.2, 0) is 0 Å². The van der Waals surface area contributed by atoms with Gasteiger partial charge in [-0.25, -0.2) is 0 Å². The fraction of sp³-hybridized carbons (Fsp3) is 0.692. The lowest BCUT2D eigenvalue weighted by molar-refractivity contribution is 0.0989. The average molecular weight is 281 g/mol. The summed E-state index contributed by atoms with van der Waals surface area (Å²) in [6, 6.07) is 0.113. The molecule has 0 aliphatic carbocycles. The Bertz CT molecular complexity index is 431. The van der Waals surface area contributed by atoms with E-state index >= 15 is 0 Å². The summed E-state index contributed by atoms with van der Waals surface area (Å²) in [5.74, 6) is -0.296. The van der Waals surface area contributed by atoms with Gasteiger partial charge in [0.25, 0.3) is 5.91 Å². The maximum atomic E-state index is 11.3. The van der Waals surface area contributed by atoms with Crippen LogP contribution in [0.2, 0.25) is 0 Å². The third-order valence-electron chi connectivity index (χ3n) is 2.85. The SMILES string of the molecule is CCCCN(CCCC)c1nc(OC)nc(C(N)=O)n1. The number of nitrogens with zero attached hydrogens (tertiary/aromatic N) is 4. The van der Waals surface area contributed by atoms with Gasteiger partial charge in [0.05, 0.1) is 7.11 Å². The van der Waals surface area contributed by atoms with Gasteiger partial charge in [-0.05, 0) is 12.8 Å². The average Bonchev–Trinajstić information content (AvgIpc) is 2.46. The van der Waals surface area contributed by atoms with Crippen molar-refractivity contribution < 1.29 is 9.53 Å². The molecule has 0 saturated carbocycles. The molecule has 20 heavy (non-hydrogen) atoms. The van der Waals surface area contributed by atoms with Crippen LogP contribution in [0.25, 0.3) is 0 Å². The van der Waals surface area contributed by atoms with Crippen molar-refractivity contribution in [2.45, 2.75) is 39.5 Å². The molecular weight excluding hydrogens is 258 g/mol. The van der Waals surface area contributed by atoms with Crippen LogP contribution in [0.15, 0.2) is 0 Å². The first kappa shape index (κ1) is 16.1. The highest BCUT2D eigenvalue weighted by Gasteiger charge is 2.15. The van der Waals surface area contributed by atoms with Crippen molar-refractivity contribution in [2.24, 2.45) is 5.73 Å². The standard InChI is InChI=1S/C13H23N5O2/c1-4-6-8-18(9-7-5-2)12-15-11(10(14)19)16-13(17-12)20-3/h4-9H2,1-3H3,(H2,14,19). The maximum Gasteiger partial charge on any atom is 0.321 e. The Hall–Kier alpha value is -1.92. The Morgan fingerprint density at radius 1 is 1.15 bits per heavy atom. The topological polar surface area (TPSA) is 94.2 Å². The lowest BCUT2D eigenvalue weighted by Gasteiger charge is -2.22. The summed E-state index contributed by atoms with van der Waals surface area (Å²) < 4.78 is 5.01. The lowest BCUT2D eigenvalue weighted by atomic mass is 10.3. The van der Waals surface area contributed by atoms with Gasteiger partial charge in [0.15, 0.2) is 0 Å². The molecule has 0 aromatic carbocycles. The van der Waals surface area contributed by atoms with Crippen molar-refractivity contribution in [2.75, 3.05) is 25.1 Å². The molecule has 1 aromatic heterocycles. The number of ether oxygens (including phenoxy) is 1. The summed E-state index contributed by atoms with van der Waals surface area (Å²) in [6.07, 6.45) is 4.22. The summed E-state index contributed by atoms with van der Waals surface area (Å²) in [4.78, 5) is 25.5. The van der Waals surface area contributed by atoms with Crippen LogP contribution in [0.5, 0.6) is 6.01 Å². The van der Waals surface area contributed by atoms with Gasteiger partial charge in [-0.15, -0.1) is 0 Å². The maximum absolute atomic E-state index is 11.3. The number of primary amides is 1. The predicted molar refractivity (Wildman–Crippen MR) is 76.9 cm³/mol. The molecule has 2 N–H and O–H groups in total.